The van der Waals surface area contributed by atoms with Crippen LogP contribution in [0.2, 0.25) is 0 Å². The van der Waals surface area contributed by atoms with Crippen LogP contribution in [0.15, 0.2) is 18.3 Å². The molecular formula is C17H22N6O. The topological polar surface area (TPSA) is 90.9 Å². The lowest BCUT2D eigenvalue weighted by Gasteiger charge is -2.38. The molecule has 1 unspecified atom stereocenters. The first-order chi connectivity index (χ1) is 11.4. The highest BCUT2D eigenvalue weighted by molar-refractivity contribution is 5.46. The minimum Gasteiger partial charge on any atom is -0.382 e. The third-order valence-corrected chi connectivity index (χ3v) is 4.50. The van der Waals surface area contributed by atoms with Gasteiger partial charge >= 0.3 is 0 Å². The standard InChI is InChI=1S/C17H22N6O/c1-12(2)23-10-15(20-21-23)17(24)7-4-8-22(11-17)16-6-5-13(3)14(9-18)19-16/h5-6,10,12,24H,4,7-8,11H2,1-3H3. The maximum atomic E-state index is 11.1. The molecule has 0 saturated carbocycles. The van der Waals surface area contributed by atoms with Gasteiger partial charge in [-0.15, -0.1) is 5.10 Å². The number of rotatable bonds is 3. The van der Waals surface area contributed by atoms with Gasteiger partial charge in [0.2, 0.25) is 0 Å². The second-order valence-electron chi connectivity index (χ2n) is 6.68. The quantitative estimate of drug-likeness (QED) is 0.926. The summed E-state index contributed by atoms with van der Waals surface area (Å²) >= 11 is 0. The summed E-state index contributed by atoms with van der Waals surface area (Å²) < 4.78 is 1.75. The van der Waals surface area contributed by atoms with Crippen LogP contribution in [-0.2, 0) is 5.60 Å². The number of anilines is 1. The zero-order valence-electron chi connectivity index (χ0n) is 14.3. The predicted octanol–water partition coefficient (Wildman–Crippen LogP) is 1.92. The van der Waals surface area contributed by atoms with Gasteiger partial charge in [-0.2, -0.15) is 5.26 Å². The van der Waals surface area contributed by atoms with Crippen LogP contribution in [0.3, 0.4) is 0 Å². The zero-order chi connectivity index (χ0) is 17.3. The van der Waals surface area contributed by atoms with Gasteiger partial charge in [-0.3, -0.25) is 0 Å². The monoisotopic (exact) mass is 326 g/mol. The lowest BCUT2D eigenvalue weighted by molar-refractivity contribution is 0.0174. The van der Waals surface area contributed by atoms with Crippen LogP contribution in [0.1, 0.15) is 49.7 Å². The summed E-state index contributed by atoms with van der Waals surface area (Å²) in [5.74, 6) is 0.714. The van der Waals surface area contributed by atoms with Crippen molar-refractivity contribution < 1.29 is 5.11 Å². The van der Waals surface area contributed by atoms with Crippen LogP contribution < -0.4 is 4.90 Å². The van der Waals surface area contributed by atoms with E-state index in [-0.39, 0.29) is 6.04 Å². The summed E-state index contributed by atoms with van der Waals surface area (Å²) in [4.78, 5) is 6.43. The summed E-state index contributed by atoms with van der Waals surface area (Å²) in [5.41, 5.74) is 0.819. The van der Waals surface area contributed by atoms with Crippen LogP contribution >= 0.6 is 0 Å². The Morgan fingerprint density at radius 3 is 2.83 bits per heavy atom. The van der Waals surface area contributed by atoms with E-state index in [9.17, 15) is 10.4 Å². The highest BCUT2D eigenvalue weighted by Crippen LogP contribution is 2.32. The molecule has 0 amide bonds. The van der Waals surface area contributed by atoms with E-state index in [0.29, 0.717) is 30.2 Å². The zero-order valence-corrected chi connectivity index (χ0v) is 14.3. The second-order valence-corrected chi connectivity index (χ2v) is 6.68. The molecule has 1 aliphatic heterocycles. The molecule has 1 atom stereocenters. The minimum atomic E-state index is -1.05. The van der Waals surface area contributed by atoms with Crippen LogP contribution in [0.4, 0.5) is 5.82 Å². The average Bonchev–Trinajstić information content (AvgIpc) is 3.06. The van der Waals surface area contributed by atoms with Gasteiger partial charge < -0.3 is 10.0 Å². The van der Waals surface area contributed by atoms with Gasteiger partial charge in [0.1, 0.15) is 28.9 Å². The van der Waals surface area contributed by atoms with Crippen molar-refractivity contribution >= 4 is 5.82 Å². The van der Waals surface area contributed by atoms with Crippen LogP contribution in [0.25, 0.3) is 0 Å². The number of β-amino-alcohol motifs (C(OH)–C–C–N with tert-alkyl or cyclic N) is 1. The van der Waals surface area contributed by atoms with Crippen molar-refractivity contribution in [3.63, 3.8) is 0 Å². The van der Waals surface area contributed by atoms with E-state index in [4.69, 9.17) is 0 Å². The van der Waals surface area contributed by atoms with Crippen LogP contribution in [0, 0.1) is 18.3 Å². The molecule has 24 heavy (non-hydrogen) atoms. The number of hydrogen-bond acceptors (Lipinski definition) is 6. The number of aliphatic hydroxyl groups is 1. The fraction of sp³-hybridized carbons (Fsp3) is 0.529. The first-order valence-electron chi connectivity index (χ1n) is 8.20. The van der Waals surface area contributed by atoms with Gasteiger partial charge in [0.15, 0.2) is 0 Å². The SMILES string of the molecule is Cc1ccc(N2CCCC(O)(c3cn(C(C)C)nn3)C2)nc1C#N. The molecule has 0 aliphatic carbocycles. The molecule has 0 spiro atoms. The second kappa shape index (κ2) is 6.21. The number of pyridine rings is 1. The Bertz CT molecular complexity index is 778. The molecule has 0 radical (unpaired) electrons. The smallest absolute Gasteiger partial charge is 0.145 e. The lowest BCUT2D eigenvalue weighted by Crippen LogP contribution is -2.46. The predicted molar refractivity (Wildman–Crippen MR) is 89.4 cm³/mol. The van der Waals surface area contributed by atoms with E-state index in [1.807, 2.05) is 44.0 Å². The summed E-state index contributed by atoms with van der Waals surface area (Å²) in [6, 6.07) is 6.11. The minimum absolute atomic E-state index is 0.200. The highest BCUT2D eigenvalue weighted by Gasteiger charge is 2.38. The van der Waals surface area contributed by atoms with E-state index in [2.05, 4.69) is 21.4 Å². The molecule has 2 aromatic rings. The van der Waals surface area contributed by atoms with E-state index < -0.39 is 5.60 Å². The fourth-order valence-corrected chi connectivity index (χ4v) is 2.99. The van der Waals surface area contributed by atoms with Crippen molar-refractivity contribution in [2.45, 2.75) is 45.3 Å². The summed E-state index contributed by atoms with van der Waals surface area (Å²) in [6.07, 6.45) is 3.27. The van der Waals surface area contributed by atoms with Crippen LogP contribution in [-0.4, -0.2) is 38.2 Å². The van der Waals surface area contributed by atoms with Crippen LogP contribution in [0.5, 0.6) is 0 Å². The molecule has 2 aromatic heterocycles. The number of hydrogen-bond donors (Lipinski definition) is 1. The Hall–Kier alpha value is -2.46. The van der Waals surface area contributed by atoms with Gasteiger partial charge in [-0.1, -0.05) is 11.3 Å². The molecule has 7 nitrogen and oxygen atoms in total. The van der Waals surface area contributed by atoms with Crippen molar-refractivity contribution in [1.82, 2.24) is 20.0 Å². The Morgan fingerprint density at radius 1 is 1.38 bits per heavy atom. The fourth-order valence-electron chi connectivity index (χ4n) is 2.99. The van der Waals surface area contributed by atoms with Gasteiger partial charge in [0, 0.05) is 12.6 Å². The van der Waals surface area contributed by atoms with E-state index in [0.717, 1.165) is 18.5 Å². The Balaban J connectivity index is 1.87. The first kappa shape index (κ1) is 16.4. The molecule has 7 heteroatoms. The molecule has 0 aromatic carbocycles. The summed E-state index contributed by atoms with van der Waals surface area (Å²) in [7, 11) is 0. The third kappa shape index (κ3) is 2.97. The van der Waals surface area contributed by atoms with Crippen molar-refractivity contribution in [2.75, 3.05) is 18.0 Å². The molecule has 1 saturated heterocycles. The molecule has 126 valence electrons. The van der Waals surface area contributed by atoms with Crippen molar-refractivity contribution in [3.8, 4) is 6.07 Å². The first-order valence-corrected chi connectivity index (χ1v) is 8.20. The van der Waals surface area contributed by atoms with Gasteiger partial charge in [0.25, 0.3) is 0 Å². The Kier molecular flexibility index (Phi) is 4.24. The molecule has 1 fully saturated rings. The van der Waals surface area contributed by atoms with E-state index in [1.54, 1.807) is 4.68 Å². The molecule has 3 rings (SSSR count). The van der Waals surface area contributed by atoms with Gasteiger partial charge in [0.05, 0.1) is 12.7 Å². The highest BCUT2D eigenvalue weighted by atomic mass is 16.3. The lowest BCUT2D eigenvalue weighted by atomic mass is 9.90. The normalized spacial score (nSPS) is 21.1. The number of piperidine rings is 1. The Morgan fingerprint density at radius 2 is 2.17 bits per heavy atom. The average molecular weight is 326 g/mol. The number of aromatic nitrogens is 4. The van der Waals surface area contributed by atoms with Crippen molar-refractivity contribution in [2.24, 2.45) is 0 Å². The number of nitrogens with zero attached hydrogens (tertiary/aromatic N) is 6. The Labute approximate surface area is 141 Å². The van der Waals surface area contributed by atoms with E-state index >= 15 is 0 Å². The molecule has 0 bridgehead atoms. The number of nitriles is 1. The van der Waals surface area contributed by atoms with Gasteiger partial charge in [-0.25, -0.2) is 9.67 Å². The van der Waals surface area contributed by atoms with E-state index in [1.165, 1.54) is 0 Å². The largest absolute Gasteiger partial charge is 0.382 e. The van der Waals surface area contributed by atoms with Crippen molar-refractivity contribution in [3.05, 3.63) is 35.3 Å². The maximum Gasteiger partial charge on any atom is 0.145 e. The summed E-state index contributed by atoms with van der Waals surface area (Å²) in [6.45, 7) is 7.10. The van der Waals surface area contributed by atoms with Crippen molar-refractivity contribution in [1.29, 1.82) is 5.26 Å². The number of aryl methyl sites for hydroxylation is 1. The molecular weight excluding hydrogens is 304 g/mol. The molecule has 1 aliphatic rings. The third-order valence-electron chi connectivity index (χ3n) is 4.50. The molecule has 3 heterocycles. The maximum absolute atomic E-state index is 11.1. The van der Waals surface area contributed by atoms with Gasteiger partial charge in [-0.05, 0) is 45.2 Å². The summed E-state index contributed by atoms with van der Waals surface area (Å²) in [5, 5.41) is 28.6. The molecule has 1 N–H and O–H groups in total.